The average Bonchev–Trinajstić information content (AvgIpc) is 3.31. The van der Waals surface area contributed by atoms with Crippen LogP contribution in [-0.2, 0) is 0 Å². The number of para-hydroxylation sites is 1. The number of hydrogen-bond donors (Lipinski definition) is 1. The van der Waals surface area contributed by atoms with Crippen molar-refractivity contribution in [2.24, 2.45) is 0 Å². The van der Waals surface area contributed by atoms with Crippen LogP contribution >= 0.6 is 0 Å². The number of nitrogens with zero attached hydrogens (tertiary/aromatic N) is 6. The molecule has 0 atom stereocenters. The molecule has 2 aromatic carbocycles. The Morgan fingerprint density at radius 3 is 2.37 bits per heavy atom. The van der Waals surface area contributed by atoms with Crippen molar-refractivity contribution in [2.45, 2.75) is 0 Å². The van der Waals surface area contributed by atoms with Crippen LogP contribution in [0.4, 0.5) is 11.5 Å². The molecule has 0 saturated heterocycles. The van der Waals surface area contributed by atoms with E-state index in [0.29, 0.717) is 18.0 Å². The molecule has 0 amide bonds. The smallest absolute Gasteiger partial charge is 0.169 e. The van der Waals surface area contributed by atoms with E-state index in [-0.39, 0.29) is 0 Å². The van der Waals surface area contributed by atoms with Gasteiger partial charge in [-0.05, 0) is 60.7 Å². The molecule has 8 heteroatoms. The predicted octanol–water partition coefficient (Wildman–Crippen LogP) is 5.14. The van der Waals surface area contributed by atoms with Crippen molar-refractivity contribution < 1.29 is 4.74 Å². The van der Waals surface area contributed by atoms with E-state index >= 15 is 0 Å². The quantitative estimate of drug-likeness (QED) is 0.389. The van der Waals surface area contributed by atoms with Gasteiger partial charge in [-0.25, -0.2) is 14.6 Å². The fourth-order valence-corrected chi connectivity index (χ4v) is 4.03. The van der Waals surface area contributed by atoms with Gasteiger partial charge >= 0.3 is 0 Å². The van der Waals surface area contributed by atoms with E-state index in [2.05, 4.69) is 25.9 Å². The number of rotatable bonds is 5. The van der Waals surface area contributed by atoms with Crippen LogP contribution in [0.2, 0.25) is 0 Å². The number of fused-ring (bicyclic) bond motifs is 1. The lowest BCUT2D eigenvalue weighted by Crippen LogP contribution is -2.19. The lowest BCUT2D eigenvalue weighted by Gasteiger charge is -2.22. The molecule has 3 aromatic heterocycles. The molecule has 170 valence electrons. The molecule has 2 N–H and O–H groups in total. The topological polar surface area (TPSA) is 95.0 Å². The van der Waals surface area contributed by atoms with E-state index < -0.39 is 0 Å². The van der Waals surface area contributed by atoms with Crippen LogP contribution in [-0.4, -0.2) is 31.3 Å². The SMILES string of the molecule is Nc1ncnc2c1c(-c1ccc(Oc3ccccc3)cc1)nn2C1=CCN(c2ccncc2)C=C1. The molecule has 0 bridgehead atoms. The van der Waals surface area contributed by atoms with Gasteiger partial charge in [0.15, 0.2) is 5.65 Å². The molecule has 5 aromatic rings. The standard InChI is InChI=1S/C27H21N7O/c28-26-24-25(19-6-8-23(9-7-19)35-22-4-2-1-3-5-22)32-34(27(24)31-18-30-26)21-12-16-33(17-13-21)20-10-14-29-15-11-20/h1-16,18H,17H2,(H2,28,30,31). The lowest BCUT2D eigenvalue weighted by molar-refractivity contribution is 0.483. The van der Waals surface area contributed by atoms with Crippen LogP contribution in [0.25, 0.3) is 28.0 Å². The van der Waals surface area contributed by atoms with Gasteiger partial charge in [0.1, 0.15) is 29.3 Å². The number of nitrogens with two attached hydrogens (primary N) is 1. The summed E-state index contributed by atoms with van der Waals surface area (Å²) in [6.45, 7) is 0.693. The van der Waals surface area contributed by atoms with Crippen molar-refractivity contribution >= 4 is 28.2 Å². The Kier molecular flexibility index (Phi) is 5.16. The van der Waals surface area contributed by atoms with Gasteiger partial charge in [-0.2, -0.15) is 5.10 Å². The highest BCUT2D eigenvalue weighted by molar-refractivity contribution is 5.99. The van der Waals surface area contributed by atoms with Gasteiger partial charge in [0.2, 0.25) is 0 Å². The number of benzene rings is 2. The summed E-state index contributed by atoms with van der Waals surface area (Å²) < 4.78 is 7.74. The zero-order valence-corrected chi connectivity index (χ0v) is 18.7. The molecule has 0 radical (unpaired) electrons. The summed E-state index contributed by atoms with van der Waals surface area (Å²) in [5.74, 6) is 1.91. The maximum absolute atomic E-state index is 6.29. The van der Waals surface area contributed by atoms with Gasteiger partial charge in [0, 0.05) is 36.4 Å². The van der Waals surface area contributed by atoms with Gasteiger partial charge in [-0.1, -0.05) is 18.2 Å². The molecule has 4 heterocycles. The Balaban J connectivity index is 1.34. The zero-order chi connectivity index (χ0) is 23.6. The predicted molar refractivity (Wildman–Crippen MR) is 137 cm³/mol. The minimum atomic E-state index is 0.389. The van der Waals surface area contributed by atoms with Crippen LogP contribution in [0.15, 0.2) is 104 Å². The highest BCUT2D eigenvalue weighted by atomic mass is 16.5. The van der Waals surface area contributed by atoms with Gasteiger partial charge in [0.05, 0.1) is 11.1 Å². The van der Waals surface area contributed by atoms with Crippen LogP contribution in [0.3, 0.4) is 0 Å². The van der Waals surface area contributed by atoms with E-state index in [1.807, 2.05) is 83.7 Å². The van der Waals surface area contributed by atoms with Crippen molar-refractivity contribution in [3.05, 3.63) is 104 Å². The summed E-state index contributed by atoms with van der Waals surface area (Å²) in [7, 11) is 0. The van der Waals surface area contributed by atoms with Crippen LogP contribution in [0.5, 0.6) is 11.5 Å². The van der Waals surface area contributed by atoms with Crippen molar-refractivity contribution in [1.29, 1.82) is 0 Å². The van der Waals surface area contributed by atoms with Crippen molar-refractivity contribution in [1.82, 2.24) is 24.7 Å². The van der Waals surface area contributed by atoms with Gasteiger partial charge < -0.3 is 15.4 Å². The molecule has 0 fully saturated rings. The molecule has 0 unspecified atom stereocenters. The molecule has 6 rings (SSSR count). The second kappa shape index (κ2) is 8.75. The second-order valence-electron chi connectivity index (χ2n) is 7.96. The molecular weight excluding hydrogens is 438 g/mol. The van der Waals surface area contributed by atoms with Crippen LogP contribution in [0.1, 0.15) is 0 Å². The number of anilines is 2. The summed E-state index contributed by atoms with van der Waals surface area (Å²) in [5.41, 5.74) is 10.5. The van der Waals surface area contributed by atoms with Gasteiger partial charge in [-0.15, -0.1) is 0 Å². The highest BCUT2D eigenvalue weighted by Gasteiger charge is 2.19. The maximum Gasteiger partial charge on any atom is 0.169 e. The normalized spacial score (nSPS) is 13.1. The zero-order valence-electron chi connectivity index (χ0n) is 18.7. The van der Waals surface area contributed by atoms with Crippen molar-refractivity contribution in [3.63, 3.8) is 0 Å². The van der Waals surface area contributed by atoms with E-state index in [1.165, 1.54) is 6.33 Å². The fourth-order valence-electron chi connectivity index (χ4n) is 4.03. The lowest BCUT2D eigenvalue weighted by atomic mass is 10.1. The van der Waals surface area contributed by atoms with Crippen molar-refractivity contribution in [3.8, 4) is 22.8 Å². The highest BCUT2D eigenvalue weighted by Crippen LogP contribution is 2.33. The Morgan fingerprint density at radius 1 is 0.857 bits per heavy atom. The number of hydrogen-bond acceptors (Lipinski definition) is 7. The summed E-state index contributed by atoms with van der Waals surface area (Å²) in [5, 5.41) is 5.62. The molecule has 8 nitrogen and oxygen atoms in total. The molecule has 1 aliphatic heterocycles. The van der Waals surface area contributed by atoms with Crippen LogP contribution < -0.4 is 15.4 Å². The summed E-state index contributed by atoms with van der Waals surface area (Å²) in [6.07, 6.45) is 11.2. The number of allylic oxidation sites excluding steroid dienone is 2. The Bertz CT molecular complexity index is 1540. The average molecular weight is 460 g/mol. The first-order valence-electron chi connectivity index (χ1n) is 11.1. The minimum Gasteiger partial charge on any atom is -0.457 e. The van der Waals surface area contributed by atoms with Crippen molar-refractivity contribution in [2.75, 3.05) is 17.2 Å². The molecule has 0 spiro atoms. The number of ether oxygens (including phenoxy) is 1. The molecule has 0 saturated carbocycles. The third-order valence-electron chi connectivity index (χ3n) is 5.76. The number of nitrogen functional groups attached to an aromatic ring is 1. The van der Waals surface area contributed by atoms with Gasteiger partial charge in [0.25, 0.3) is 0 Å². The first kappa shape index (κ1) is 20.6. The third-order valence-corrected chi connectivity index (χ3v) is 5.76. The molecule has 35 heavy (non-hydrogen) atoms. The monoisotopic (exact) mass is 459 g/mol. The number of aromatic nitrogens is 5. The van der Waals surface area contributed by atoms with E-state index in [1.54, 1.807) is 12.4 Å². The summed E-state index contributed by atoms with van der Waals surface area (Å²) in [6, 6.07) is 21.4. The third kappa shape index (κ3) is 3.97. The summed E-state index contributed by atoms with van der Waals surface area (Å²) in [4.78, 5) is 14.9. The first-order chi connectivity index (χ1) is 17.3. The largest absolute Gasteiger partial charge is 0.457 e. The fraction of sp³-hybridized carbons (Fsp3) is 0.0370. The molecular formula is C27H21N7O. The number of pyridine rings is 1. The van der Waals surface area contributed by atoms with Gasteiger partial charge in [-0.3, -0.25) is 4.98 Å². The maximum atomic E-state index is 6.29. The van der Waals surface area contributed by atoms with E-state index in [4.69, 9.17) is 15.6 Å². The summed E-state index contributed by atoms with van der Waals surface area (Å²) >= 11 is 0. The minimum absolute atomic E-state index is 0.389. The Hall–Kier alpha value is -4.98. The van der Waals surface area contributed by atoms with E-state index in [0.717, 1.165) is 39.5 Å². The Morgan fingerprint density at radius 2 is 1.63 bits per heavy atom. The second-order valence-corrected chi connectivity index (χ2v) is 7.96. The molecule has 1 aliphatic rings. The Labute approximate surface area is 201 Å². The molecule has 0 aliphatic carbocycles. The van der Waals surface area contributed by atoms with E-state index in [9.17, 15) is 0 Å². The first-order valence-corrected chi connectivity index (χ1v) is 11.1. The van der Waals surface area contributed by atoms with Crippen LogP contribution in [0, 0.1) is 0 Å².